The molecule has 5 rings (SSSR count). The quantitative estimate of drug-likeness (QED) is 0.170. The maximum atomic E-state index is 13.6. The zero-order valence-electron chi connectivity index (χ0n) is 22.1. The maximum absolute atomic E-state index is 13.6. The van der Waals surface area contributed by atoms with Crippen molar-refractivity contribution in [3.8, 4) is 23.0 Å². The van der Waals surface area contributed by atoms with Crippen LogP contribution >= 0.6 is 11.3 Å². The Kier molecular flexibility index (Phi) is 7.31. The summed E-state index contributed by atoms with van der Waals surface area (Å²) >= 11 is 1.20. The fourth-order valence-corrected chi connectivity index (χ4v) is 5.64. The van der Waals surface area contributed by atoms with Gasteiger partial charge in [-0.15, -0.1) is 0 Å². The summed E-state index contributed by atoms with van der Waals surface area (Å²) in [6.45, 7) is 2.36. The lowest BCUT2D eigenvalue weighted by atomic mass is 9.94. The minimum atomic E-state index is -1.12. The molecule has 0 unspecified atom stereocenters. The molecule has 0 bridgehead atoms. The lowest BCUT2D eigenvalue weighted by Gasteiger charge is -2.24. The molecule has 1 amide bonds. The second-order valence-corrected chi connectivity index (χ2v) is 9.70. The largest absolute Gasteiger partial charge is 0.507 e. The van der Waals surface area contributed by atoms with Gasteiger partial charge in [0.25, 0.3) is 5.78 Å². The van der Waals surface area contributed by atoms with E-state index < -0.39 is 29.3 Å². The van der Waals surface area contributed by atoms with E-state index in [0.29, 0.717) is 29.2 Å². The first kappa shape index (κ1) is 26.9. The number of ether oxygens (including phenoxy) is 4. The van der Waals surface area contributed by atoms with Crippen LogP contribution in [0.5, 0.6) is 23.0 Å². The Morgan fingerprint density at radius 1 is 1.00 bits per heavy atom. The lowest BCUT2D eigenvalue weighted by Crippen LogP contribution is -2.29. The van der Waals surface area contributed by atoms with Crippen LogP contribution in [0.25, 0.3) is 16.0 Å². The standard InChI is InChI=1S/C29H25FN2O7S/c1-5-39-18-10-11-19-22(14-18)40-29(31-19)32-24(16-12-20(36-2)27(38-4)21(13-16)37-3)23(26(34)28(32)35)25(33)15-6-8-17(30)9-7-15/h6-14,24,33H,5H2,1-4H3/b25-23+/t24-/m1/s1. The highest BCUT2D eigenvalue weighted by Gasteiger charge is 2.48. The molecule has 9 nitrogen and oxygen atoms in total. The number of benzene rings is 3. The Balaban J connectivity index is 1.75. The van der Waals surface area contributed by atoms with Crippen LogP contribution in [0, 0.1) is 5.82 Å². The molecule has 40 heavy (non-hydrogen) atoms. The Hall–Kier alpha value is -4.64. The van der Waals surface area contributed by atoms with Crippen LogP contribution in [-0.4, -0.2) is 49.7 Å². The average molecular weight is 565 g/mol. The van der Waals surface area contributed by atoms with E-state index in [4.69, 9.17) is 18.9 Å². The van der Waals surface area contributed by atoms with Crippen molar-refractivity contribution >= 4 is 44.1 Å². The van der Waals surface area contributed by atoms with Gasteiger partial charge in [-0.3, -0.25) is 14.5 Å². The minimum Gasteiger partial charge on any atom is -0.507 e. The van der Waals surface area contributed by atoms with E-state index in [1.54, 1.807) is 24.3 Å². The van der Waals surface area contributed by atoms with Gasteiger partial charge in [-0.1, -0.05) is 11.3 Å². The van der Waals surface area contributed by atoms with Gasteiger partial charge >= 0.3 is 5.91 Å². The Bertz CT molecular complexity index is 1620. The highest BCUT2D eigenvalue weighted by atomic mass is 32.1. The molecular weight excluding hydrogens is 539 g/mol. The number of ketones is 1. The van der Waals surface area contributed by atoms with Crippen molar-refractivity contribution in [1.82, 2.24) is 4.98 Å². The van der Waals surface area contributed by atoms with E-state index in [1.165, 1.54) is 49.7 Å². The zero-order chi connectivity index (χ0) is 28.6. The summed E-state index contributed by atoms with van der Waals surface area (Å²) in [5.74, 6) is -1.25. The summed E-state index contributed by atoms with van der Waals surface area (Å²) in [6.07, 6.45) is 0. The summed E-state index contributed by atoms with van der Waals surface area (Å²) in [6, 6.07) is 12.4. The first-order valence-electron chi connectivity index (χ1n) is 12.2. The van der Waals surface area contributed by atoms with Gasteiger partial charge in [-0.2, -0.15) is 0 Å². The molecule has 1 atom stereocenters. The number of methoxy groups -OCH3 is 3. The molecule has 2 heterocycles. The minimum absolute atomic E-state index is 0.169. The summed E-state index contributed by atoms with van der Waals surface area (Å²) in [7, 11) is 4.35. The van der Waals surface area contributed by atoms with Gasteiger partial charge in [0, 0.05) is 5.56 Å². The number of hydrogen-bond acceptors (Lipinski definition) is 9. The molecule has 1 N–H and O–H groups in total. The molecule has 0 saturated carbocycles. The number of aliphatic hydroxyl groups is 1. The average Bonchev–Trinajstić information content (AvgIpc) is 3.49. The number of fused-ring (bicyclic) bond motifs is 1. The molecule has 11 heteroatoms. The molecule has 3 aromatic carbocycles. The number of hydrogen-bond donors (Lipinski definition) is 1. The second-order valence-electron chi connectivity index (χ2n) is 8.69. The summed E-state index contributed by atoms with van der Waals surface area (Å²) in [4.78, 5) is 33.0. The normalized spacial score (nSPS) is 16.4. The van der Waals surface area contributed by atoms with E-state index in [-0.39, 0.29) is 27.8 Å². The first-order chi connectivity index (χ1) is 19.3. The van der Waals surface area contributed by atoms with Crippen LogP contribution in [-0.2, 0) is 9.59 Å². The summed E-state index contributed by atoms with van der Waals surface area (Å²) in [5, 5.41) is 11.6. The number of aromatic nitrogens is 1. The summed E-state index contributed by atoms with van der Waals surface area (Å²) in [5.41, 5.74) is 0.974. The third kappa shape index (κ3) is 4.58. The van der Waals surface area contributed by atoms with Crippen molar-refractivity contribution in [1.29, 1.82) is 0 Å². The highest BCUT2D eigenvalue weighted by molar-refractivity contribution is 7.22. The Labute approximate surface area is 233 Å². The molecule has 1 aliphatic heterocycles. The molecule has 0 spiro atoms. The summed E-state index contributed by atoms with van der Waals surface area (Å²) < 4.78 is 36.4. The number of nitrogens with zero attached hydrogens (tertiary/aromatic N) is 2. The monoisotopic (exact) mass is 564 g/mol. The topological polar surface area (TPSA) is 107 Å². The van der Waals surface area contributed by atoms with E-state index in [1.807, 2.05) is 13.0 Å². The number of anilines is 1. The van der Waals surface area contributed by atoms with Gasteiger partial charge in [0.15, 0.2) is 16.6 Å². The first-order valence-corrected chi connectivity index (χ1v) is 13.0. The molecular formula is C29H25FN2O7S. The van der Waals surface area contributed by atoms with Crippen molar-refractivity contribution in [3.63, 3.8) is 0 Å². The van der Waals surface area contributed by atoms with Crippen molar-refractivity contribution in [3.05, 3.63) is 77.1 Å². The second kappa shape index (κ2) is 10.9. The Morgan fingerprint density at radius 2 is 1.68 bits per heavy atom. The van der Waals surface area contributed by atoms with Gasteiger partial charge in [-0.05, 0) is 67.1 Å². The predicted molar refractivity (Wildman–Crippen MR) is 148 cm³/mol. The number of Topliss-reactive ketones (excluding diaryl/α,β-unsaturated/α-hetero) is 1. The van der Waals surface area contributed by atoms with Crippen molar-refractivity contribution in [2.24, 2.45) is 0 Å². The number of thiazole rings is 1. The molecule has 1 saturated heterocycles. The van der Waals surface area contributed by atoms with E-state index >= 15 is 0 Å². The van der Waals surface area contributed by atoms with E-state index in [9.17, 15) is 19.1 Å². The lowest BCUT2D eigenvalue weighted by molar-refractivity contribution is -0.132. The van der Waals surface area contributed by atoms with Crippen molar-refractivity contribution in [2.45, 2.75) is 13.0 Å². The van der Waals surface area contributed by atoms with Crippen LogP contribution in [0.1, 0.15) is 24.1 Å². The molecule has 1 aromatic heterocycles. The highest BCUT2D eigenvalue weighted by Crippen LogP contribution is 2.48. The van der Waals surface area contributed by atoms with E-state index in [2.05, 4.69) is 4.98 Å². The molecule has 0 radical (unpaired) electrons. The maximum Gasteiger partial charge on any atom is 0.301 e. The van der Waals surface area contributed by atoms with Gasteiger partial charge in [0.1, 0.15) is 17.3 Å². The fraction of sp³-hybridized carbons (Fsp3) is 0.207. The van der Waals surface area contributed by atoms with Gasteiger partial charge in [0.2, 0.25) is 5.75 Å². The van der Waals surface area contributed by atoms with Crippen LogP contribution in [0.3, 0.4) is 0 Å². The predicted octanol–water partition coefficient (Wildman–Crippen LogP) is 5.49. The molecule has 206 valence electrons. The third-order valence-electron chi connectivity index (χ3n) is 6.43. The van der Waals surface area contributed by atoms with Gasteiger partial charge < -0.3 is 24.1 Å². The van der Waals surface area contributed by atoms with Crippen LogP contribution in [0.15, 0.2) is 60.2 Å². The van der Waals surface area contributed by atoms with Gasteiger partial charge in [-0.25, -0.2) is 9.37 Å². The number of carbonyl (C=O) groups is 2. The van der Waals surface area contributed by atoms with Crippen molar-refractivity contribution < 1.29 is 38.0 Å². The molecule has 1 aliphatic rings. The smallest absolute Gasteiger partial charge is 0.301 e. The van der Waals surface area contributed by atoms with Crippen LogP contribution in [0.2, 0.25) is 0 Å². The van der Waals surface area contributed by atoms with Crippen LogP contribution < -0.4 is 23.8 Å². The number of carbonyl (C=O) groups excluding carboxylic acids is 2. The zero-order valence-corrected chi connectivity index (χ0v) is 22.9. The number of aliphatic hydroxyl groups excluding tert-OH is 1. The molecule has 1 fully saturated rings. The van der Waals surface area contributed by atoms with Crippen LogP contribution in [0.4, 0.5) is 9.52 Å². The fourth-order valence-electron chi connectivity index (χ4n) is 4.62. The SMILES string of the molecule is CCOc1ccc2nc(N3C(=O)C(=O)/C(=C(/O)c4ccc(F)cc4)[C@H]3c3cc(OC)c(OC)c(OC)c3)sc2c1. The third-order valence-corrected chi connectivity index (χ3v) is 7.45. The van der Waals surface area contributed by atoms with Gasteiger partial charge in [0.05, 0.1) is 49.8 Å². The number of halogens is 1. The van der Waals surface area contributed by atoms with Crippen molar-refractivity contribution in [2.75, 3.05) is 32.8 Å². The van der Waals surface area contributed by atoms with E-state index in [0.717, 1.165) is 16.8 Å². The Morgan fingerprint density at radius 3 is 2.27 bits per heavy atom. The number of amides is 1. The molecule has 0 aliphatic carbocycles. The number of rotatable bonds is 8. The molecule has 4 aromatic rings.